The number of aromatic amines is 1. The fourth-order valence-corrected chi connectivity index (χ4v) is 5.33. The monoisotopic (exact) mass is 493 g/mol. The molecule has 1 aliphatic heterocycles. The van der Waals surface area contributed by atoms with Gasteiger partial charge < -0.3 is 14.6 Å². The van der Waals surface area contributed by atoms with Crippen LogP contribution >= 0.6 is 0 Å². The van der Waals surface area contributed by atoms with Gasteiger partial charge in [0.05, 0.1) is 29.7 Å². The summed E-state index contributed by atoms with van der Waals surface area (Å²) in [4.78, 5) is 22.0. The molecule has 0 atom stereocenters. The van der Waals surface area contributed by atoms with Gasteiger partial charge >= 0.3 is 0 Å². The molecule has 1 aliphatic rings. The lowest BCUT2D eigenvalue weighted by Crippen LogP contribution is -2.33. The van der Waals surface area contributed by atoms with Crippen molar-refractivity contribution in [1.29, 1.82) is 0 Å². The molecule has 2 heterocycles. The smallest absolute Gasteiger partial charge is 0.254 e. The van der Waals surface area contributed by atoms with Crippen molar-refractivity contribution in [3.05, 3.63) is 77.4 Å². The second-order valence-corrected chi connectivity index (χ2v) is 10.7. The van der Waals surface area contributed by atoms with Gasteiger partial charge in [0.15, 0.2) is 9.84 Å². The minimum Gasteiger partial charge on any atom is -0.491 e. The molecule has 3 aromatic carbocycles. The van der Waals surface area contributed by atoms with Crippen LogP contribution in [0.2, 0.25) is 0 Å². The summed E-state index contributed by atoms with van der Waals surface area (Å²) in [5, 5.41) is 0. The number of nitrogens with zero attached hydrogens (tertiary/aromatic N) is 2. The van der Waals surface area contributed by atoms with Crippen molar-refractivity contribution in [2.24, 2.45) is 0 Å². The molecule has 5 rings (SSSR count). The van der Waals surface area contributed by atoms with Crippen LogP contribution in [0.25, 0.3) is 22.2 Å². The first kappa shape index (κ1) is 23.0. The highest BCUT2D eigenvalue weighted by Gasteiger charge is 2.26. The van der Waals surface area contributed by atoms with Crippen LogP contribution < -0.4 is 4.74 Å². The van der Waals surface area contributed by atoms with Gasteiger partial charge in [-0.25, -0.2) is 17.8 Å². The molecule has 0 spiro atoms. The zero-order chi connectivity index (χ0) is 24.7. The number of hydrogen-bond donors (Lipinski definition) is 1. The maximum absolute atomic E-state index is 14.9. The van der Waals surface area contributed by atoms with Crippen molar-refractivity contribution < 1.29 is 22.3 Å². The molecule has 0 saturated heterocycles. The van der Waals surface area contributed by atoms with Gasteiger partial charge in [0.25, 0.3) is 5.91 Å². The summed E-state index contributed by atoms with van der Waals surface area (Å²) in [6, 6.07) is 14.4. The standard InChI is InChI=1S/C26H24FN3O4S/c1-3-35(32,33)24-9-6-20(16(2)25(24)27)26(31)30-10-11-34-23-8-5-17(12-19(23)14-30)18-4-7-21-22(13-18)29-15-28-21/h4-9,12-13,15H,3,10-11,14H2,1-2H3,(H,28,29). The zero-order valence-electron chi connectivity index (χ0n) is 19.3. The minimum atomic E-state index is -3.73. The summed E-state index contributed by atoms with van der Waals surface area (Å²) in [5.74, 6) is -0.769. The number of carbonyl (C=O) groups excluding carboxylic acids is 1. The number of nitrogens with one attached hydrogen (secondary N) is 1. The predicted octanol–water partition coefficient (Wildman–Crippen LogP) is 4.51. The van der Waals surface area contributed by atoms with Crippen molar-refractivity contribution >= 4 is 26.8 Å². The Labute approximate surface area is 202 Å². The lowest BCUT2D eigenvalue weighted by molar-refractivity contribution is 0.0731. The number of H-pyrrole nitrogens is 1. The Hall–Kier alpha value is -3.72. The number of rotatable bonds is 4. The van der Waals surface area contributed by atoms with Gasteiger partial charge in [-0.1, -0.05) is 19.1 Å². The van der Waals surface area contributed by atoms with E-state index in [4.69, 9.17) is 4.74 Å². The molecule has 0 saturated carbocycles. The summed E-state index contributed by atoms with van der Waals surface area (Å²) in [6.45, 7) is 3.79. The molecule has 1 aromatic heterocycles. The number of fused-ring (bicyclic) bond motifs is 2. The molecule has 0 fully saturated rings. The first-order chi connectivity index (χ1) is 16.8. The zero-order valence-corrected chi connectivity index (χ0v) is 20.2. The number of aromatic nitrogens is 2. The van der Waals surface area contributed by atoms with Gasteiger partial charge in [-0.15, -0.1) is 0 Å². The minimum absolute atomic E-state index is 0.0246. The van der Waals surface area contributed by atoms with Gasteiger partial charge in [-0.3, -0.25) is 4.79 Å². The van der Waals surface area contributed by atoms with E-state index in [9.17, 15) is 17.6 Å². The molecule has 1 N–H and O–H groups in total. The predicted molar refractivity (Wildman–Crippen MR) is 131 cm³/mol. The maximum atomic E-state index is 14.9. The average molecular weight is 494 g/mol. The van der Waals surface area contributed by atoms with E-state index < -0.39 is 15.7 Å². The first-order valence-electron chi connectivity index (χ1n) is 11.3. The van der Waals surface area contributed by atoms with Crippen molar-refractivity contribution in [3.8, 4) is 16.9 Å². The number of halogens is 1. The van der Waals surface area contributed by atoms with Crippen LogP contribution in [0.15, 0.2) is 59.8 Å². The third-order valence-electron chi connectivity index (χ3n) is 6.38. The van der Waals surface area contributed by atoms with Crippen LogP contribution in [0.3, 0.4) is 0 Å². The van der Waals surface area contributed by atoms with Gasteiger partial charge in [0.1, 0.15) is 23.1 Å². The third kappa shape index (κ3) is 4.16. The quantitative estimate of drug-likeness (QED) is 0.452. The van der Waals surface area contributed by atoms with Gasteiger partial charge in [-0.2, -0.15) is 0 Å². The Morgan fingerprint density at radius 1 is 1.14 bits per heavy atom. The van der Waals surface area contributed by atoms with Gasteiger partial charge in [-0.05, 0) is 60.0 Å². The molecule has 35 heavy (non-hydrogen) atoms. The first-order valence-corrected chi connectivity index (χ1v) is 12.9. The van der Waals surface area contributed by atoms with E-state index in [0.29, 0.717) is 18.9 Å². The van der Waals surface area contributed by atoms with E-state index in [1.807, 2.05) is 36.4 Å². The molecular weight excluding hydrogens is 469 g/mol. The molecule has 4 aromatic rings. The molecule has 0 unspecified atom stereocenters. The van der Waals surface area contributed by atoms with Crippen LogP contribution in [0.1, 0.15) is 28.4 Å². The molecule has 0 bridgehead atoms. The second kappa shape index (κ2) is 8.81. The molecule has 0 aliphatic carbocycles. The van der Waals surface area contributed by atoms with Crippen LogP contribution in [0.5, 0.6) is 5.75 Å². The Morgan fingerprint density at radius 2 is 1.91 bits per heavy atom. The van der Waals surface area contributed by atoms with Crippen LogP contribution in [-0.2, 0) is 16.4 Å². The highest BCUT2D eigenvalue weighted by atomic mass is 32.2. The van der Waals surface area contributed by atoms with E-state index >= 15 is 0 Å². The topological polar surface area (TPSA) is 92.4 Å². The van der Waals surface area contributed by atoms with Gasteiger partial charge in [0, 0.05) is 17.7 Å². The highest BCUT2D eigenvalue weighted by Crippen LogP contribution is 2.31. The number of imidazole rings is 1. The molecule has 0 radical (unpaired) electrons. The number of hydrogen-bond acceptors (Lipinski definition) is 5. The molecule has 1 amide bonds. The Balaban J connectivity index is 1.46. The number of ether oxygens (including phenoxy) is 1. The summed E-state index contributed by atoms with van der Waals surface area (Å²) in [7, 11) is -3.73. The summed E-state index contributed by atoms with van der Waals surface area (Å²) >= 11 is 0. The van der Waals surface area contributed by atoms with Gasteiger partial charge in [0.2, 0.25) is 0 Å². The SMILES string of the molecule is CCS(=O)(=O)c1ccc(C(=O)N2CCOc3ccc(-c4ccc5nc[nH]c5c4)cc3C2)c(C)c1F. The summed E-state index contributed by atoms with van der Waals surface area (Å²) < 4.78 is 45.2. The van der Waals surface area contributed by atoms with E-state index in [-0.39, 0.29) is 34.2 Å². The Kier molecular flexibility index (Phi) is 5.80. The lowest BCUT2D eigenvalue weighted by Gasteiger charge is -2.21. The molecular formula is C26H24FN3O4S. The van der Waals surface area contributed by atoms with Crippen LogP contribution in [0, 0.1) is 12.7 Å². The van der Waals surface area contributed by atoms with E-state index in [1.165, 1.54) is 26.0 Å². The Morgan fingerprint density at radius 3 is 2.71 bits per heavy atom. The maximum Gasteiger partial charge on any atom is 0.254 e. The molecule has 7 nitrogen and oxygen atoms in total. The number of carbonyl (C=O) groups is 1. The average Bonchev–Trinajstić information content (AvgIpc) is 3.22. The molecule has 9 heteroatoms. The molecule has 180 valence electrons. The largest absolute Gasteiger partial charge is 0.491 e. The highest BCUT2D eigenvalue weighted by molar-refractivity contribution is 7.91. The fourth-order valence-electron chi connectivity index (χ4n) is 4.32. The number of amides is 1. The number of benzene rings is 3. The normalized spacial score (nSPS) is 13.9. The third-order valence-corrected chi connectivity index (χ3v) is 8.12. The Bertz CT molecular complexity index is 1560. The lowest BCUT2D eigenvalue weighted by atomic mass is 10.0. The van der Waals surface area contributed by atoms with Crippen molar-refractivity contribution in [3.63, 3.8) is 0 Å². The number of sulfone groups is 1. The van der Waals surface area contributed by atoms with E-state index in [1.54, 1.807) is 11.2 Å². The van der Waals surface area contributed by atoms with Crippen LogP contribution in [0.4, 0.5) is 4.39 Å². The van der Waals surface area contributed by atoms with Crippen LogP contribution in [-0.4, -0.2) is 48.1 Å². The summed E-state index contributed by atoms with van der Waals surface area (Å²) in [6.07, 6.45) is 1.65. The van der Waals surface area contributed by atoms with E-state index in [0.717, 1.165) is 27.7 Å². The van der Waals surface area contributed by atoms with Crippen molar-refractivity contribution in [2.45, 2.75) is 25.3 Å². The van der Waals surface area contributed by atoms with Crippen molar-refractivity contribution in [2.75, 3.05) is 18.9 Å². The second-order valence-electron chi connectivity index (χ2n) is 8.49. The van der Waals surface area contributed by atoms with E-state index in [2.05, 4.69) is 9.97 Å². The summed E-state index contributed by atoms with van der Waals surface area (Å²) in [5.41, 5.74) is 4.77. The van der Waals surface area contributed by atoms with Crippen molar-refractivity contribution in [1.82, 2.24) is 14.9 Å². The fraction of sp³-hybridized carbons (Fsp3) is 0.231.